The molecule has 36 heavy (non-hydrogen) atoms. The number of piperazine rings is 1. The van der Waals surface area contributed by atoms with Crippen molar-refractivity contribution in [1.29, 1.82) is 0 Å². The number of nitrogens with one attached hydrogen (secondary N) is 2. The van der Waals surface area contributed by atoms with Crippen LogP contribution in [0, 0.1) is 0 Å². The van der Waals surface area contributed by atoms with Gasteiger partial charge in [-0.3, -0.25) is 14.9 Å². The highest BCUT2D eigenvalue weighted by atomic mass is 32.1. The number of hydrogen-bond acceptors (Lipinski definition) is 6. The number of carbonyl (C=O) groups is 2. The average molecular weight is 505 g/mol. The zero-order valence-electron chi connectivity index (χ0n) is 20.2. The lowest BCUT2D eigenvalue weighted by atomic mass is 10.1. The van der Waals surface area contributed by atoms with Crippen LogP contribution >= 0.6 is 12.2 Å². The van der Waals surface area contributed by atoms with Crippen LogP contribution < -0.4 is 25.0 Å². The van der Waals surface area contributed by atoms with Crippen LogP contribution in [0.4, 0.5) is 11.4 Å². The van der Waals surface area contributed by atoms with Crippen LogP contribution in [0.15, 0.2) is 72.8 Å². The minimum absolute atomic E-state index is 0.0440. The van der Waals surface area contributed by atoms with Gasteiger partial charge in [0, 0.05) is 54.7 Å². The molecule has 8 nitrogen and oxygen atoms in total. The highest BCUT2D eigenvalue weighted by molar-refractivity contribution is 7.80. The van der Waals surface area contributed by atoms with Crippen molar-refractivity contribution in [2.75, 3.05) is 50.6 Å². The number of hydrogen-bond donors (Lipinski definition) is 2. The molecule has 1 heterocycles. The van der Waals surface area contributed by atoms with Gasteiger partial charge in [-0.05, 0) is 60.7 Å². The molecule has 1 aliphatic heterocycles. The van der Waals surface area contributed by atoms with Gasteiger partial charge in [-0.1, -0.05) is 18.2 Å². The normalized spacial score (nSPS) is 13.1. The monoisotopic (exact) mass is 504 g/mol. The summed E-state index contributed by atoms with van der Waals surface area (Å²) < 4.78 is 10.6. The summed E-state index contributed by atoms with van der Waals surface area (Å²) in [6, 6.07) is 21.9. The van der Waals surface area contributed by atoms with Gasteiger partial charge in [-0.2, -0.15) is 0 Å². The molecule has 0 bridgehead atoms. The minimum atomic E-state index is -0.260. The molecule has 0 aromatic heterocycles. The zero-order chi connectivity index (χ0) is 25.5. The number of rotatable bonds is 6. The van der Waals surface area contributed by atoms with Crippen molar-refractivity contribution in [3.63, 3.8) is 0 Å². The molecule has 9 heteroatoms. The molecule has 2 N–H and O–H groups in total. The van der Waals surface area contributed by atoms with Gasteiger partial charge in [-0.25, -0.2) is 0 Å². The number of nitrogens with zero attached hydrogens (tertiary/aromatic N) is 2. The van der Waals surface area contributed by atoms with Crippen molar-refractivity contribution < 1.29 is 19.1 Å². The highest BCUT2D eigenvalue weighted by Gasteiger charge is 2.23. The van der Waals surface area contributed by atoms with E-state index in [4.69, 9.17) is 21.7 Å². The van der Waals surface area contributed by atoms with Gasteiger partial charge in [0.15, 0.2) is 5.11 Å². The Balaban J connectivity index is 1.30. The van der Waals surface area contributed by atoms with E-state index >= 15 is 0 Å². The molecule has 3 aromatic rings. The van der Waals surface area contributed by atoms with Crippen molar-refractivity contribution in [2.45, 2.75) is 0 Å². The van der Waals surface area contributed by atoms with Crippen molar-refractivity contribution in [3.05, 3.63) is 83.9 Å². The molecular formula is C27H28N4O4S. The molecule has 0 saturated carbocycles. The van der Waals surface area contributed by atoms with Gasteiger partial charge in [0.05, 0.1) is 14.2 Å². The van der Waals surface area contributed by atoms with E-state index in [1.807, 2.05) is 35.2 Å². The fourth-order valence-electron chi connectivity index (χ4n) is 3.96. The Morgan fingerprint density at radius 1 is 0.806 bits per heavy atom. The number of benzene rings is 3. The van der Waals surface area contributed by atoms with Gasteiger partial charge >= 0.3 is 0 Å². The lowest BCUT2D eigenvalue weighted by Gasteiger charge is -2.36. The zero-order valence-corrected chi connectivity index (χ0v) is 21.0. The van der Waals surface area contributed by atoms with Crippen molar-refractivity contribution in [3.8, 4) is 11.5 Å². The summed E-state index contributed by atoms with van der Waals surface area (Å²) in [5.74, 6) is 0.871. The summed E-state index contributed by atoms with van der Waals surface area (Å²) >= 11 is 5.27. The quantitative estimate of drug-likeness (QED) is 0.494. The molecule has 2 amide bonds. The standard InChI is InChI=1S/C27H28N4O4S/c1-34-23-16-20(17-24(18-23)35-2)26(33)31-14-12-30(13-15-31)22-10-8-21(9-11-22)28-27(36)29-25(32)19-6-4-3-5-7-19/h3-11,16-18H,12-15H2,1-2H3,(H2,28,29,32,36). The molecule has 1 saturated heterocycles. The molecule has 1 aliphatic rings. The first-order chi connectivity index (χ1) is 17.5. The molecule has 1 fully saturated rings. The second-order valence-corrected chi connectivity index (χ2v) is 8.61. The topological polar surface area (TPSA) is 83.1 Å². The fraction of sp³-hybridized carbons (Fsp3) is 0.222. The van der Waals surface area contributed by atoms with E-state index in [0.29, 0.717) is 48.8 Å². The number of amides is 2. The second kappa shape index (κ2) is 11.5. The SMILES string of the molecule is COc1cc(OC)cc(C(=O)N2CCN(c3ccc(NC(=S)NC(=O)c4ccccc4)cc3)CC2)c1. The third kappa shape index (κ3) is 6.11. The largest absolute Gasteiger partial charge is 0.497 e. The number of methoxy groups -OCH3 is 2. The molecule has 0 radical (unpaired) electrons. The Labute approximate surface area is 215 Å². The Kier molecular flexibility index (Phi) is 8.02. The summed E-state index contributed by atoms with van der Waals surface area (Å²) in [6.07, 6.45) is 0. The van der Waals surface area contributed by atoms with Crippen molar-refractivity contribution in [1.82, 2.24) is 10.2 Å². The molecule has 0 atom stereocenters. The van der Waals surface area contributed by atoms with Crippen LogP contribution in [-0.4, -0.2) is 62.2 Å². The van der Waals surface area contributed by atoms with Crippen LogP contribution in [0.3, 0.4) is 0 Å². The van der Waals surface area contributed by atoms with E-state index in [2.05, 4.69) is 15.5 Å². The van der Waals surface area contributed by atoms with Gasteiger partial charge < -0.3 is 24.6 Å². The molecule has 4 rings (SSSR count). The lowest BCUT2D eigenvalue weighted by molar-refractivity contribution is 0.0745. The number of thiocarbonyl (C=S) groups is 1. The first-order valence-corrected chi connectivity index (χ1v) is 11.9. The van der Waals surface area contributed by atoms with Crippen LogP contribution in [0.25, 0.3) is 0 Å². The molecule has 3 aromatic carbocycles. The number of anilines is 2. The third-order valence-corrected chi connectivity index (χ3v) is 6.12. The van der Waals surface area contributed by atoms with Gasteiger partial charge in [-0.15, -0.1) is 0 Å². The maximum Gasteiger partial charge on any atom is 0.257 e. The van der Waals surface area contributed by atoms with Gasteiger partial charge in [0.25, 0.3) is 11.8 Å². The maximum absolute atomic E-state index is 13.0. The van der Waals surface area contributed by atoms with E-state index in [0.717, 1.165) is 11.4 Å². The van der Waals surface area contributed by atoms with E-state index in [-0.39, 0.29) is 16.9 Å². The number of carbonyl (C=O) groups excluding carboxylic acids is 2. The summed E-state index contributed by atoms with van der Waals surface area (Å²) in [7, 11) is 3.13. The van der Waals surface area contributed by atoms with E-state index < -0.39 is 0 Å². The first kappa shape index (κ1) is 25.0. The molecule has 0 spiro atoms. The highest BCUT2D eigenvalue weighted by Crippen LogP contribution is 2.25. The van der Waals surface area contributed by atoms with Crippen molar-refractivity contribution in [2.24, 2.45) is 0 Å². The lowest BCUT2D eigenvalue weighted by Crippen LogP contribution is -2.48. The predicted octanol–water partition coefficient (Wildman–Crippen LogP) is 3.79. The van der Waals surface area contributed by atoms with E-state index in [9.17, 15) is 9.59 Å². The third-order valence-electron chi connectivity index (χ3n) is 5.92. The Morgan fingerprint density at radius 3 is 2.00 bits per heavy atom. The average Bonchev–Trinajstić information content (AvgIpc) is 2.93. The van der Waals surface area contributed by atoms with Crippen LogP contribution in [0.1, 0.15) is 20.7 Å². The molecular weight excluding hydrogens is 476 g/mol. The second-order valence-electron chi connectivity index (χ2n) is 8.20. The smallest absolute Gasteiger partial charge is 0.257 e. The van der Waals surface area contributed by atoms with Crippen molar-refractivity contribution >= 4 is 40.5 Å². The summed E-state index contributed by atoms with van der Waals surface area (Å²) in [5, 5.41) is 5.96. The molecule has 0 aliphatic carbocycles. The summed E-state index contributed by atoms with van der Waals surface area (Å²) in [6.45, 7) is 2.64. The predicted molar refractivity (Wildman–Crippen MR) is 144 cm³/mol. The fourth-order valence-corrected chi connectivity index (χ4v) is 4.17. The minimum Gasteiger partial charge on any atom is -0.497 e. The Bertz CT molecular complexity index is 1200. The molecule has 0 unspecified atom stereocenters. The number of ether oxygens (including phenoxy) is 2. The van der Waals surface area contributed by atoms with Crippen LogP contribution in [0.5, 0.6) is 11.5 Å². The van der Waals surface area contributed by atoms with Gasteiger partial charge in [0.2, 0.25) is 0 Å². The first-order valence-electron chi connectivity index (χ1n) is 11.5. The maximum atomic E-state index is 13.0. The summed E-state index contributed by atoms with van der Waals surface area (Å²) in [5.41, 5.74) is 2.92. The van der Waals surface area contributed by atoms with E-state index in [1.54, 1.807) is 56.7 Å². The summed E-state index contributed by atoms with van der Waals surface area (Å²) in [4.78, 5) is 29.4. The van der Waals surface area contributed by atoms with Gasteiger partial charge in [0.1, 0.15) is 11.5 Å². The van der Waals surface area contributed by atoms with Crippen LogP contribution in [-0.2, 0) is 0 Å². The molecule has 186 valence electrons. The Hall–Kier alpha value is -4.11. The van der Waals surface area contributed by atoms with Crippen LogP contribution in [0.2, 0.25) is 0 Å². The van der Waals surface area contributed by atoms with E-state index in [1.165, 1.54) is 0 Å². The Morgan fingerprint density at radius 2 is 1.42 bits per heavy atom.